The van der Waals surface area contributed by atoms with E-state index in [-0.39, 0.29) is 0 Å². The summed E-state index contributed by atoms with van der Waals surface area (Å²) >= 11 is 0. The highest BCUT2D eigenvalue weighted by atomic mass is 16.4. The number of rotatable bonds is 7. The maximum absolute atomic E-state index is 11.6. The third kappa shape index (κ3) is 3.20. The Balaban J connectivity index is 1.96. The first-order valence-corrected chi connectivity index (χ1v) is 7.56. The third-order valence-corrected chi connectivity index (χ3v) is 4.16. The maximum atomic E-state index is 11.6. The molecule has 1 saturated heterocycles. The topological polar surface area (TPSA) is 58.4 Å². The molecule has 5 nitrogen and oxygen atoms in total. The first-order valence-electron chi connectivity index (χ1n) is 7.56. The molecule has 1 aliphatic rings. The van der Waals surface area contributed by atoms with Crippen molar-refractivity contribution in [3.8, 4) is 0 Å². The van der Waals surface area contributed by atoms with E-state index in [1.807, 2.05) is 10.9 Å². The Hall–Kier alpha value is -1.36. The summed E-state index contributed by atoms with van der Waals surface area (Å²) in [5, 5.41) is 13.8. The zero-order chi connectivity index (χ0) is 14.6. The Morgan fingerprint density at radius 3 is 2.90 bits per heavy atom. The molecule has 0 radical (unpaired) electrons. The fraction of sp³-hybridized carbons (Fsp3) is 0.733. The molecule has 0 saturated carbocycles. The summed E-state index contributed by atoms with van der Waals surface area (Å²) in [6.07, 6.45) is 7.51. The molecular weight excluding hydrogens is 254 g/mol. The van der Waals surface area contributed by atoms with Crippen LogP contribution in [0.15, 0.2) is 12.4 Å². The van der Waals surface area contributed by atoms with Gasteiger partial charge in [-0.2, -0.15) is 5.10 Å². The number of hydrogen-bond acceptors (Lipinski definition) is 3. The van der Waals surface area contributed by atoms with Gasteiger partial charge in [-0.3, -0.25) is 14.4 Å². The average molecular weight is 279 g/mol. The third-order valence-electron chi connectivity index (χ3n) is 4.16. The molecule has 112 valence electrons. The van der Waals surface area contributed by atoms with Crippen LogP contribution in [0.2, 0.25) is 0 Å². The quantitative estimate of drug-likeness (QED) is 0.832. The molecule has 0 aliphatic carbocycles. The minimum absolute atomic E-state index is 0.534. The van der Waals surface area contributed by atoms with Gasteiger partial charge < -0.3 is 5.11 Å². The zero-order valence-electron chi connectivity index (χ0n) is 12.5. The SMILES string of the molecule is CCCn1cc(CN2CCC(CCC)(C(=O)O)C2)cn1. The van der Waals surface area contributed by atoms with Crippen molar-refractivity contribution in [2.24, 2.45) is 5.41 Å². The van der Waals surface area contributed by atoms with Gasteiger partial charge in [-0.05, 0) is 25.8 Å². The summed E-state index contributed by atoms with van der Waals surface area (Å²) in [7, 11) is 0. The van der Waals surface area contributed by atoms with Gasteiger partial charge in [0, 0.05) is 31.4 Å². The lowest BCUT2D eigenvalue weighted by Crippen LogP contribution is -2.34. The molecule has 20 heavy (non-hydrogen) atoms. The van der Waals surface area contributed by atoms with E-state index in [9.17, 15) is 9.90 Å². The number of likely N-dealkylation sites (tertiary alicyclic amines) is 1. The lowest BCUT2D eigenvalue weighted by atomic mass is 9.83. The molecule has 0 aromatic carbocycles. The maximum Gasteiger partial charge on any atom is 0.310 e. The molecule has 1 unspecified atom stereocenters. The van der Waals surface area contributed by atoms with Gasteiger partial charge in [0.2, 0.25) is 0 Å². The molecule has 1 N–H and O–H groups in total. The Bertz CT molecular complexity index is 458. The van der Waals surface area contributed by atoms with Crippen molar-refractivity contribution < 1.29 is 9.90 Å². The van der Waals surface area contributed by atoms with Crippen LogP contribution in [0, 0.1) is 5.41 Å². The molecule has 1 atom stereocenters. The van der Waals surface area contributed by atoms with Gasteiger partial charge in [-0.15, -0.1) is 0 Å². The number of aromatic nitrogens is 2. The number of nitrogens with zero attached hydrogens (tertiary/aromatic N) is 3. The van der Waals surface area contributed by atoms with Crippen LogP contribution >= 0.6 is 0 Å². The summed E-state index contributed by atoms with van der Waals surface area (Å²) in [4.78, 5) is 13.8. The van der Waals surface area contributed by atoms with E-state index in [4.69, 9.17) is 0 Å². The van der Waals surface area contributed by atoms with Crippen molar-refractivity contribution >= 4 is 5.97 Å². The molecule has 1 aliphatic heterocycles. The lowest BCUT2D eigenvalue weighted by Gasteiger charge is -2.24. The predicted octanol–water partition coefficient (Wildman–Crippen LogP) is 2.37. The van der Waals surface area contributed by atoms with Crippen molar-refractivity contribution in [3.05, 3.63) is 18.0 Å². The van der Waals surface area contributed by atoms with Crippen LogP contribution in [0.25, 0.3) is 0 Å². The highest BCUT2D eigenvalue weighted by molar-refractivity contribution is 5.75. The van der Waals surface area contributed by atoms with Crippen molar-refractivity contribution in [1.82, 2.24) is 14.7 Å². The van der Waals surface area contributed by atoms with Gasteiger partial charge in [-0.1, -0.05) is 20.3 Å². The van der Waals surface area contributed by atoms with Gasteiger partial charge in [0.15, 0.2) is 0 Å². The molecule has 0 amide bonds. The van der Waals surface area contributed by atoms with Crippen LogP contribution in [0.1, 0.15) is 45.1 Å². The van der Waals surface area contributed by atoms with Crippen molar-refractivity contribution in [2.75, 3.05) is 13.1 Å². The number of hydrogen-bond donors (Lipinski definition) is 1. The lowest BCUT2D eigenvalue weighted by molar-refractivity contribution is -0.148. The second-order valence-electron chi connectivity index (χ2n) is 5.91. The summed E-state index contributed by atoms with van der Waals surface area (Å²) in [6.45, 7) is 7.47. The van der Waals surface area contributed by atoms with Crippen LogP contribution in [-0.2, 0) is 17.9 Å². The monoisotopic (exact) mass is 279 g/mol. The Morgan fingerprint density at radius 1 is 1.45 bits per heavy atom. The van der Waals surface area contributed by atoms with Crippen molar-refractivity contribution in [3.63, 3.8) is 0 Å². The second kappa shape index (κ2) is 6.39. The molecule has 5 heteroatoms. The van der Waals surface area contributed by atoms with Gasteiger partial charge in [0.05, 0.1) is 11.6 Å². The first kappa shape index (κ1) is 15.0. The molecule has 2 rings (SSSR count). The standard InChI is InChI=1S/C15H25N3O2/c1-3-5-15(14(19)20)6-8-17(12-15)10-13-9-16-18(11-13)7-4-2/h9,11H,3-8,10,12H2,1-2H3,(H,19,20). The van der Waals surface area contributed by atoms with E-state index >= 15 is 0 Å². The molecule has 1 fully saturated rings. The van der Waals surface area contributed by atoms with E-state index in [0.29, 0.717) is 6.54 Å². The van der Waals surface area contributed by atoms with Gasteiger partial charge >= 0.3 is 5.97 Å². The Kier molecular flexibility index (Phi) is 4.81. The summed E-state index contributed by atoms with van der Waals surface area (Å²) in [6, 6.07) is 0. The van der Waals surface area contributed by atoms with Gasteiger partial charge in [0.1, 0.15) is 0 Å². The smallest absolute Gasteiger partial charge is 0.310 e. The van der Waals surface area contributed by atoms with Gasteiger partial charge in [-0.25, -0.2) is 0 Å². The Labute approximate surface area is 120 Å². The summed E-state index contributed by atoms with van der Waals surface area (Å²) in [5.41, 5.74) is 0.643. The Morgan fingerprint density at radius 2 is 2.25 bits per heavy atom. The number of aliphatic carboxylic acids is 1. The van der Waals surface area contributed by atoms with Crippen LogP contribution in [0.5, 0.6) is 0 Å². The minimum atomic E-state index is -0.636. The molecule has 0 spiro atoms. The van der Waals surface area contributed by atoms with Crippen LogP contribution < -0.4 is 0 Å². The molecule has 1 aromatic heterocycles. The number of carboxylic acids is 1. The summed E-state index contributed by atoms with van der Waals surface area (Å²) < 4.78 is 1.96. The minimum Gasteiger partial charge on any atom is -0.481 e. The average Bonchev–Trinajstić information content (AvgIpc) is 2.99. The summed E-state index contributed by atoms with van der Waals surface area (Å²) in [5.74, 6) is -0.636. The van der Waals surface area contributed by atoms with Crippen molar-refractivity contribution in [1.29, 1.82) is 0 Å². The molecular formula is C15H25N3O2. The van der Waals surface area contributed by atoms with E-state index in [1.54, 1.807) is 0 Å². The van der Waals surface area contributed by atoms with Crippen molar-refractivity contribution in [2.45, 2.75) is 52.6 Å². The largest absolute Gasteiger partial charge is 0.481 e. The first-order chi connectivity index (χ1) is 9.59. The normalized spacial score (nSPS) is 23.3. The van der Waals surface area contributed by atoms with E-state index in [0.717, 1.165) is 45.3 Å². The number of aryl methyl sites for hydroxylation is 1. The molecule has 1 aromatic rings. The number of carboxylic acid groups (broad SMARTS) is 1. The zero-order valence-corrected chi connectivity index (χ0v) is 12.5. The molecule has 2 heterocycles. The number of carbonyl (C=O) groups is 1. The fourth-order valence-corrected chi connectivity index (χ4v) is 3.15. The fourth-order valence-electron chi connectivity index (χ4n) is 3.15. The predicted molar refractivity (Wildman–Crippen MR) is 77.4 cm³/mol. The van der Waals surface area contributed by atoms with Crippen LogP contribution in [-0.4, -0.2) is 38.8 Å². The molecule has 0 bridgehead atoms. The van der Waals surface area contributed by atoms with Crippen LogP contribution in [0.4, 0.5) is 0 Å². The van der Waals surface area contributed by atoms with Crippen LogP contribution in [0.3, 0.4) is 0 Å². The highest BCUT2D eigenvalue weighted by Gasteiger charge is 2.43. The van der Waals surface area contributed by atoms with E-state index in [2.05, 4.69) is 30.0 Å². The highest BCUT2D eigenvalue weighted by Crippen LogP contribution is 2.36. The van der Waals surface area contributed by atoms with E-state index < -0.39 is 11.4 Å². The second-order valence-corrected chi connectivity index (χ2v) is 5.91. The van der Waals surface area contributed by atoms with Gasteiger partial charge in [0.25, 0.3) is 0 Å². The van der Waals surface area contributed by atoms with E-state index in [1.165, 1.54) is 5.56 Å².